The molecule has 1 fully saturated rings. The van der Waals surface area contributed by atoms with E-state index >= 15 is 0 Å². The van der Waals surface area contributed by atoms with E-state index in [4.69, 9.17) is 34.8 Å². The summed E-state index contributed by atoms with van der Waals surface area (Å²) in [7, 11) is -3.69. The lowest BCUT2D eigenvalue weighted by Crippen LogP contribution is -2.35. The fourth-order valence-electron chi connectivity index (χ4n) is 2.62. The first kappa shape index (κ1) is 17.8. The third-order valence-electron chi connectivity index (χ3n) is 3.52. The van der Waals surface area contributed by atoms with Crippen LogP contribution in [-0.2, 0) is 10.0 Å². The molecule has 21 heavy (non-hydrogen) atoms. The number of alkyl halides is 1. The Labute approximate surface area is 148 Å². The van der Waals surface area contributed by atoms with E-state index in [0.29, 0.717) is 16.9 Å². The molecule has 0 amide bonds. The molecule has 2 rings (SSSR count). The predicted molar refractivity (Wildman–Crippen MR) is 91.0 cm³/mol. The molecule has 1 aliphatic rings. The molecule has 1 aromatic carbocycles. The summed E-state index contributed by atoms with van der Waals surface area (Å²) >= 11 is 21.2. The van der Waals surface area contributed by atoms with Gasteiger partial charge in [-0.05, 0) is 37.8 Å². The summed E-state index contributed by atoms with van der Waals surface area (Å²) in [6.07, 6.45) is 3.24. The highest BCUT2D eigenvalue weighted by Gasteiger charge is 2.37. The lowest BCUT2D eigenvalue weighted by Gasteiger charge is -2.25. The Kier molecular flexibility index (Phi) is 6.25. The van der Waals surface area contributed by atoms with E-state index < -0.39 is 10.0 Å². The van der Waals surface area contributed by atoms with E-state index in [1.54, 1.807) is 12.1 Å². The molecule has 3 nitrogen and oxygen atoms in total. The van der Waals surface area contributed by atoms with Gasteiger partial charge in [-0.1, -0.05) is 39.1 Å². The minimum Gasteiger partial charge on any atom is -0.207 e. The van der Waals surface area contributed by atoms with Gasteiger partial charge in [0.2, 0.25) is 10.0 Å². The summed E-state index contributed by atoms with van der Waals surface area (Å²) in [4.78, 5) is -0.00759. The van der Waals surface area contributed by atoms with E-state index in [0.717, 1.165) is 25.7 Å². The number of benzene rings is 1. The van der Waals surface area contributed by atoms with Gasteiger partial charge in [0, 0.05) is 22.9 Å². The lowest BCUT2D eigenvalue weighted by atomic mass is 10.1. The first-order valence-electron chi connectivity index (χ1n) is 6.60. The maximum absolute atomic E-state index is 12.9. The minimum atomic E-state index is -3.69. The Morgan fingerprint density at radius 3 is 2.48 bits per heavy atom. The molecule has 0 N–H and O–H groups in total. The number of hydrogen-bond donors (Lipinski definition) is 0. The van der Waals surface area contributed by atoms with Gasteiger partial charge in [0.1, 0.15) is 4.90 Å². The number of sulfonamides is 1. The van der Waals surface area contributed by atoms with Crippen LogP contribution in [0, 0.1) is 0 Å². The Morgan fingerprint density at radius 2 is 1.90 bits per heavy atom. The van der Waals surface area contributed by atoms with E-state index in [9.17, 15) is 8.42 Å². The van der Waals surface area contributed by atoms with Crippen molar-refractivity contribution in [2.75, 3.05) is 12.4 Å². The van der Waals surface area contributed by atoms with Crippen molar-refractivity contribution >= 4 is 60.8 Å². The van der Waals surface area contributed by atoms with Gasteiger partial charge in [0.05, 0.1) is 10.0 Å². The molecule has 0 aliphatic carbocycles. The maximum Gasteiger partial charge on any atom is 0.246 e. The number of nitrogens with zero attached hydrogens (tertiary/aromatic N) is 1. The van der Waals surface area contributed by atoms with Crippen LogP contribution in [0.15, 0.2) is 21.5 Å². The van der Waals surface area contributed by atoms with Crippen LogP contribution in [0.3, 0.4) is 0 Å². The second kappa shape index (κ2) is 7.37. The van der Waals surface area contributed by atoms with Gasteiger partial charge >= 0.3 is 0 Å². The molecule has 0 aromatic heterocycles. The zero-order chi connectivity index (χ0) is 15.6. The third-order valence-corrected chi connectivity index (χ3v) is 7.12. The second-order valence-corrected chi connectivity index (χ2v) is 8.88. The van der Waals surface area contributed by atoms with Crippen molar-refractivity contribution in [3.63, 3.8) is 0 Å². The van der Waals surface area contributed by atoms with Gasteiger partial charge in [0.25, 0.3) is 0 Å². The average molecular weight is 436 g/mol. The first-order valence-corrected chi connectivity index (χ1v) is 10.1. The summed E-state index contributed by atoms with van der Waals surface area (Å²) < 4.78 is 27.9. The fraction of sp³-hybridized carbons (Fsp3) is 0.538. The Balaban J connectivity index is 2.38. The molecule has 0 bridgehead atoms. The SMILES string of the molecule is O=S(=O)(c1c(Cl)cc(Br)cc1Cl)N1CCCC1CCCCl. The van der Waals surface area contributed by atoms with Crippen molar-refractivity contribution in [2.24, 2.45) is 0 Å². The molecule has 1 saturated heterocycles. The van der Waals surface area contributed by atoms with E-state index in [2.05, 4.69) is 15.9 Å². The average Bonchev–Trinajstić information content (AvgIpc) is 2.83. The summed E-state index contributed by atoms with van der Waals surface area (Å²) in [6.45, 7) is 0.498. The van der Waals surface area contributed by atoms with E-state index in [-0.39, 0.29) is 21.0 Å². The van der Waals surface area contributed by atoms with Crippen LogP contribution in [0.25, 0.3) is 0 Å². The Hall–Kier alpha value is 0.480. The van der Waals surface area contributed by atoms with Crippen LogP contribution in [0.1, 0.15) is 25.7 Å². The summed E-state index contributed by atoms with van der Waals surface area (Å²) in [5, 5.41) is 0.273. The van der Waals surface area contributed by atoms with Crippen LogP contribution >= 0.6 is 50.7 Å². The summed E-state index contributed by atoms with van der Waals surface area (Å²) in [5.74, 6) is 0.532. The standard InChI is InChI=1S/C13H15BrCl3NO2S/c14-9-7-11(16)13(12(17)8-9)21(19,20)18-6-2-4-10(18)3-1-5-15/h7-8,10H,1-6H2. The van der Waals surface area contributed by atoms with Crippen molar-refractivity contribution in [2.45, 2.75) is 36.6 Å². The van der Waals surface area contributed by atoms with Crippen LogP contribution in [-0.4, -0.2) is 31.2 Å². The largest absolute Gasteiger partial charge is 0.246 e. The molecule has 1 unspecified atom stereocenters. The van der Waals surface area contributed by atoms with Crippen molar-refractivity contribution in [3.8, 4) is 0 Å². The van der Waals surface area contributed by atoms with Gasteiger partial charge < -0.3 is 0 Å². The van der Waals surface area contributed by atoms with Crippen molar-refractivity contribution in [3.05, 3.63) is 26.7 Å². The monoisotopic (exact) mass is 433 g/mol. The highest BCUT2D eigenvalue weighted by Crippen LogP contribution is 2.37. The van der Waals surface area contributed by atoms with Crippen LogP contribution in [0.5, 0.6) is 0 Å². The third kappa shape index (κ3) is 3.88. The quantitative estimate of drug-likeness (QED) is 0.615. The molecular formula is C13H15BrCl3NO2S. The second-order valence-electron chi connectivity index (χ2n) is 4.94. The van der Waals surface area contributed by atoms with Crippen LogP contribution < -0.4 is 0 Å². The predicted octanol–water partition coefficient (Wildman–Crippen LogP) is 4.93. The van der Waals surface area contributed by atoms with E-state index in [1.165, 1.54) is 4.31 Å². The smallest absolute Gasteiger partial charge is 0.207 e. The maximum atomic E-state index is 12.9. The van der Waals surface area contributed by atoms with Gasteiger partial charge in [-0.25, -0.2) is 8.42 Å². The Morgan fingerprint density at radius 1 is 1.29 bits per heavy atom. The zero-order valence-electron chi connectivity index (χ0n) is 11.2. The highest BCUT2D eigenvalue weighted by molar-refractivity contribution is 9.10. The fourth-order valence-corrected chi connectivity index (χ4v) is 6.39. The zero-order valence-corrected chi connectivity index (χ0v) is 15.8. The van der Waals surface area contributed by atoms with Gasteiger partial charge in [-0.2, -0.15) is 4.31 Å². The van der Waals surface area contributed by atoms with E-state index in [1.807, 2.05) is 0 Å². The summed E-state index contributed by atoms with van der Waals surface area (Å²) in [6, 6.07) is 3.07. The highest BCUT2D eigenvalue weighted by atomic mass is 79.9. The molecular weight excluding hydrogens is 420 g/mol. The molecule has 1 atom stereocenters. The normalized spacial score (nSPS) is 20.1. The number of hydrogen-bond acceptors (Lipinski definition) is 2. The van der Waals surface area contributed by atoms with Crippen LogP contribution in [0.2, 0.25) is 10.0 Å². The number of halogens is 4. The molecule has 1 aliphatic heterocycles. The van der Waals surface area contributed by atoms with Gasteiger partial charge in [-0.3, -0.25) is 0 Å². The number of rotatable bonds is 5. The minimum absolute atomic E-state index is 0.00759. The van der Waals surface area contributed by atoms with Crippen molar-refractivity contribution in [1.82, 2.24) is 4.31 Å². The van der Waals surface area contributed by atoms with Gasteiger partial charge in [-0.15, -0.1) is 11.6 Å². The Bertz CT molecular complexity index is 601. The van der Waals surface area contributed by atoms with Gasteiger partial charge in [0.15, 0.2) is 0 Å². The molecule has 0 radical (unpaired) electrons. The lowest BCUT2D eigenvalue weighted by molar-refractivity contribution is 0.368. The molecule has 1 aromatic rings. The topological polar surface area (TPSA) is 37.4 Å². The molecule has 8 heteroatoms. The van der Waals surface area contributed by atoms with Crippen LogP contribution in [0.4, 0.5) is 0 Å². The molecule has 1 heterocycles. The molecule has 118 valence electrons. The first-order chi connectivity index (χ1) is 9.87. The molecule has 0 saturated carbocycles. The summed E-state index contributed by atoms with van der Waals surface area (Å²) in [5.41, 5.74) is 0. The van der Waals surface area contributed by atoms with Crippen molar-refractivity contribution < 1.29 is 8.42 Å². The molecule has 0 spiro atoms. The van der Waals surface area contributed by atoms with Crippen molar-refractivity contribution in [1.29, 1.82) is 0 Å².